The molecule has 81 valence electrons. The molecule has 1 aliphatic rings. The zero-order chi connectivity index (χ0) is 10.1. The summed E-state index contributed by atoms with van der Waals surface area (Å²) in [6.45, 7) is 9.79. The summed E-state index contributed by atoms with van der Waals surface area (Å²) in [5.41, 5.74) is 0. The molecule has 0 bridgehead atoms. The van der Waals surface area contributed by atoms with Gasteiger partial charge in [0.15, 0.2) is 0 Å². The number of nitrogens with zero attached hydrogens (tertiary/aromatic N) is 1. The summed E-state index contributed by atoms with van der Waals surface area (Å²) in [6, 6.07) is 0. The van der Waals surface area contributed by atoms with Gasteiger partial charge in [-0.05, 0) is 32.2 Å². The van der Waals surface area contributed by atoms with Crippen molar-refractivity contribution in [3.63, 3.8) is 0 Å². The maximum atomic E-state index is 3.71. The van der Waals surface area contributed by atoms with Crippen LogP contribution < -0.4 is 5.32 Å². The predicted octanol–water partition coefficient (Wildman–Crippen LogP) is 1.84. The first-order valence-corrected chi connectivity index (χ1v) is 5.79. The molecule has 1 fully saturated rings. The second-order valence-corrected chi connectivity index (χ2v) is 3.90. The molecule has 0 unspecified atom stereocenters. The maximum Gasteiger partial charge on any atom is 0.0107 e. The van der Waals surface area contributed by atoms with E-state index in [1.165, 1.54) is 52.0 Å². The topological polar surface area (TPSA) is 15.3 Å². The molecule has 0 aromatic carbocycles. The van der Waals surface area contributed by atoms with Crippen LogP contribution in [0, 0.1) is 6.42 Å². The van der Waals surface area contributed by atoms with Gasteiger partial charge in [0.1, 0.15) is 0 Å². The van der Waals surface area contributed by atoms with Gasteiger partial charge in [-0.25, -0.2) is 0 Å². The number of nitrogens with one attached hydrogen (secondary N) is 1. The van der Waals surface area contributed by atoms with Crippen LogP contribution in [-0.4, -0.2) is 37.6 Å². The summed E-state index contributed by atoms with van der Waals surface area (Å²) in [5, 5.41) is 3.37. The lowest BCUT2D eigenvalue weighted by molar-refractivity contribution is 0.236. The van der Waals surface area contributed by atoms with Gasteiger partial charge in [-0.1, -0.05) is 12.5 Å². The van der Waals surface area contributed by atoms with Crippen LogP contribution in [0.1, 0.15) is 25.7 Å². The van der Waals surface area contributed by atoms with E-state index in [1.54, 1.807) is 0 Å². The zero-order valence-electron chi connectivity index (χ0n) is 9.17. The van der Waals surface area contributed by atoms with E-state index < -0.39 is 0 Å². The van der Waals surface area contributed by atoms with Gasteiger partial charge < -0.3 is 10.2 Å². The van der Waals surface area contributed by atoms with Crippen molar-refractivity contribution in [3.8, 4) is 0 Å². The van der Waals surface area contributed by atoms with Crippen LogP contribution in [0.4, 0.5) is 0 Å². The van der Waals surface area contributed by atoms with Crippen LogP contribution in [0.5, 0.6) is 0 Å². The van der Waals surface area contributed by atoms with Gasteiger partial charge >= 0.3 is 0 Å². The smallest absolute Gasteiger partial charge is 0.0107 e. The first-order valence-electron chi connectivity index (χ1n) is 5.79. The Bertz CT molecular complexity index is 139. The second-order valence-electron chi connectivity index (χ2n) is 3.90. The second kappa shape index (κ2) is 8.01. The Morgan fingerprint density at radius 3 is 2.71 bits per heavy atom. The van der Waals surface area contributed by atoms with E-state index in [-0.39, 0.29) is 0 Å². The number of rotatable bonds is 7. The van der Waals surface area contributed by atoms with Crippen molar-refractivity contribution >= 4 is 0 Å². The van der Waals surface area contributed by atoms with E-state index in [4.69, 9.17) is 0 Å². The average molecular weight is 195 g/mol. The van der Waals surface area contributed by atoms with Crippen LogP contribution >= 0.6 is 0 Å². The molecule has 14 heavy (non-hydrogen) atoms. The summed E-state index contributed by atoms with van der Waals surface area (Å²) in [7, 11) is 0. The molecule has 0 atom stereocenters. The summed E-state index contributed by atoms with van der Waals surface area (Å²) in [4.78, 5) is 2.56. The normalized spacial score (nSPS) is 18.3. The molecule has 1 N–H and O–H groups in total. The average Bonchev–Trinajstić information content (AvgIpc) is 2.25. The standard InChI is InChI=1S/C12H23N2/c1-2-3-4-5-6-7-10-14-11-8-13-9-12-14/h2,4,13H,1,3,5-12H2. The molecule has 0 aromatic heterocycles. The number of hydrogen-bond donors (Lipinski definition) is 1. The lowest BCUT2D eigenvalue weighted by atomic mass is 10.1. The fraction of sp³-hybridized carbons (Fsp3) is 0.750. The monoisotopic (exact) mass is 195 g/mol. The Morgan fingerprint density at radius 2 is 2.00 bits per heavy atom. The highest BCUT2D eigenvalue weighted by molar-refractivity contribution is 4.77. The molecule has 0 aromatic rings. The molecular weight excluding hydrogens is 172 g/mol. The van der Waals surface area contributed by atoms with E-state index >= 15 is 0 Å². The lowest BCUT2D eigenvalue weighted by Crippen LogP contribution is -2.43. The Balaban J connectivity index is 1.85. The Labute approximate surface area is 88.4 Å². The molecular formula is C12H23N2. The quantitative estimate of drug-likeness (QED) is 0.492. The van der Waals surface area contributed by atoms with Crippen LogP contribution in [0.25, 0.3) is 0 Å². The fourth-order valence-electron chi connectivity index (χ4n) is 1.79. The number of hydrogen-bond acceptors (Lipinski definition) is 2. The summed E-state index contributed by atoms with van der Waals surface area (Å²) in [5.74, 6) is 0. The minimum atomic E-state index is 1.06. The van der Waals surface area contributed by atoms with Crippen molar-refractivity contribution < 1.29 is 0 Å². The van der Waals surface area contributed by atoms with Crippen LogP contribution in [0.3, 0.4) is 0 Å². The third-order valence-corrected chi connectivity index (χ3v) is 2.68. The van der Waals surface area contributed by atoms with E-state index in [0.717, 1.165) is 6.42 Å². The van der Waals surface area contributed by atoms with Crippen molar-refractivity contribution in [1.82, 2.24) is 10.2 Å². The molecule has 1 radical (unpaired) electrons. The SMILES string of the molecule is C=CC[CH]CCCCN1CCNCC1. The van der Waals surface area contributed by atoms with E-state index in [0.29, 0.717) is 0 Å². The first-order chi connectivity index (χ1) is 6.93. The molecule has 0 spiro atoms. The van der Waals surface area contributed by atoms with E-state index in [1.807, 2.05) is 6.08 Å². The predicted molar refractivity (Wildman–Crippen MR) is 62.3 cm³/mol. The summed E-state index contributed by atoms with van der Waals surface area (Å²) >= 11 is 0. The molecule has 1 heterocycles. The van der Waals surface area contributed by atoms with Gasteiger partial charge in [0.25, 0.3) is 0 Å². The van der Waals surface area contributed by atoms with Gasteiger partial charge in [0.05, 0.1) is 0 Å². The van der Waals surface area contributed by atoms with Crippen LogP contribution in [0.15, 0.2) is 12.7 Å². The molecule has 0 amide bonds. The maximum absolute atomic E-state index is 3.71. The third kappa shape index (κ3) is 5.40. The van der Waals surface area contributed by atoms with Crippen LogP contribution in [-0.2, 0) is 0 Å². The largest absolute Gasteiger partial charge is 0.314 e. The highest BCUT2D eigenvalue weighted by Crippen LogP contribution is 2.04. The van der Waals surface area contributed by atoms with Crippen molar-refractivity contribution in [3.05, 3.63) is 19.1 Å². The highest BCUT2D eigenvalue weighted by atomic mass is 15.2. The molecule has 2 heteroatoms. The lowest BCUT2D eigenvalue weighted by Gasteiger charge is -2.26. The Morgan fingerprint density at radius 1 is 1.21 bits per heavy atom. The van der Waals surface area contributed by atoms with Crippen LogP contribution in [0.2, 0.25) is 0 Å². The molecule has 2 nitrogen and oxygen atoms in total. The summed E-state index contributed by atoms with van der Waals surface area (Å²) < 4.78 is 0. The van der Waals surface area contributed by atoms with E-state index in [2.05, 4.69) is 23.2 Å². The molecule has 1 rings (SSSR count). The third-order valence-electron chi connectivity index (χ3n) is 2.68. The molecule has 1 aliphatic heterocycles. The Hall–Kier alpha value is -0.340. The van der Waals surface area contributed by atoms with Crippen molar-refractivity contribution in [2.45, 2.75) is 25.7 Å². The fourth-order valence-corrected chi connectivity index (χ4v) is 1.79. The van der Waals surface area contributed by atoms with Gasteiger partial charge in [0, 0.05) is 26.2 Å². The van der Waals surface area contributed by atoms with Gasteiger partial charge in [-0.3, -0.25) is 0 Å². The summed E-state index contributed by atoms with van der Waals surface area (Å²) in [6.07, 6.45) is 9.28. The molecule has 1 saturated heterocycles. The van der Waals surface area contributed by atoms with Crippen molar-refractivity contribution in [2.75, 3.05) is 32.7 Å². The first kappa shape index (κ1) is 11.7. The molecule has 0 saturated carbocycles. The number of piperazine rings is 1. The minimum absolute atomic E-state index is 1.06. The Kier molecular flexibility index (Phi) is 6.71. The molecule has 0 aliphatic carbocycles. The van der Waals surface area contributed by atoms with Crippen molar-refractivity contribution in [2.24, 2.45) is 0 Å². The number of unbranched alkanes of at least 4 members (excludes halogenated alkanes) is 4. The minimum Gasteiger partial charge on any atom is -0.314 e. The highest BCUT2D eigenvalue weighted by Gasteiger charge is 2.07. The number of allylic oxidation sites excluding steroid dienone is 1. The zero-order valence-corrected chi connectivity index (χ0v) is 9.17. The van der Waals surface area contributed by atoms with Gasteiger partial charge in [-0.15, -0.1) is 6.58 Å². The van der Waals surface area contributed by atoms with Gasteiger partial charge in [0.2, 0.25) is 0 Å². The van der Waals surface area contributed by atoms with Gasteiger partial charge in [-0.2, -0.15) is 0 Å². The van der Waals surface area contributed by atoms with Crippen molar-refractivity contribution in [1.29, 1.82) is 0 Å². The van der Waals surface area contributed by atoms with E-state index in [9.17, 15) is 0 Å².